The third kappa shape index (κ3) is 9.11. The first-order chi connectivity index (χ1) is 19.2. The SMILES string of the molecule is O=C(NCCCCCCNC(=O)N1CCN(C(c2ccccc2)c2ccccc2)CC1)NCc1cccnc1. The van der Waals surface area contributed by atoms with Crippen molar-refractivity contribution in [3.8, 4) is 0 Å². The number of carbonyl (C=O) groups is 2. The lowest BCUT2D eigenvalue weighted by Gasteiger charge is -2.39. The quantitative estimate of drug-likeness (QED) is 0.301. The van der Waals surface area contributed by atoms with Crippen molar-refractivity contribution in [2.75, 3.05) is 39.3 Å². The number of pyridine rings is 1. The Labute approximate surface area is 231 Å². The van der Waals surface area contributed by atoms with Gasteiger partial charge in [0, 0.05) is 58.2 Å². The lowest BCUT2D eigenvalue weighted by Crippen LogP contribution is -2.52. The minimum absolute atomic E-state index is 0.0255. The molecule has 1 aliphatic rings. The summed E-state index contributed by atoms with van der Waals surface area (Å²) in [6.07, 6.45) is 7.33. The summed E-state index contributed by atoms with van der Waals surface area (Å²) in [5.41, 5.74) is 3.53. The molecule has 39 heavy (non-hydrogen) atoms. The van der Waals surface area contributed by atoms with E-state index in [0.717, 1.165) is 57.4 Å². The number of hydrogen-bond acceptors (Lipinski definition) is 4. The van der Waals surface area contributed by atoms with Crippen LogP contribution in [-0.4, -0.2) is 66.1 Å². The summed E-state index contributed by atoms with van der Waals surface area (Å²) in [6, 6.07) is 25.1. The Balaban J connectivity index is 1.08. The van der Waals surface area contributed by atoms with E-state index in [1.54, 1.807) is 12.4 Å². The molecule has 1 aliphatic heterocycles. The molecule has 0 bridgehead atoms. The highest BCUT2D eigenvalue weighted by Gasteiger charge is 2.27. The maximum Gasteiger partial charge on any atom is 0.317 e. The normalized spacial score (nSPS) is 13.7. The Morgan fingerprint density at radius 1 is 0.718 bits per heavy atom. The van der Waals surface area contributed by atoms with Crippen LogP contribution in [0.25, 0.3) is 0 Å². The molecule has 0 saturated carbocycles. The fourth-order valence-corrected chi connectivity index (χ4v) is 4.93. The molecule has 1 aromatic heterocycles. The number of hydrogen-bond donors (Lipinski definition) is 3. The number of amides is 4. The summed E-state index contributed by atoms with van der Waals surface area (Å²) in [5.74, 6) is 0. The molecule has 1 fully saturated rings. The number of piperazine rings is 1. The first-order valence-corrected chi connectivity index (χ1v) is 14.0. The number of nitrogens with one attached hydrogen (secondary N) is 3. The van der Waals surface area contributed by atoms with Crippen LogP contribution in [0.1, 0.15) is 48.4 Å². The second-order valence-corrected chi connectivity index (χ2v) is 9.86. The van der Waals surface area contributed by atoms with E-state index in [1.807, 2.05) is 17.0 Å². The maximum absolute atomic E-state index is 12.7. The molecule has 4 rings (SSSR count). The van der Waals surface area contributed by atoms with Crippen molar-refractivity contribution in [3.05, 3.63) is 102 Å². The topological polar surface area (TPSA) is 89.6 Å². The fourth-order valence-electron chi connectivity index (χ4n) is 4.93. The second kappa shape index (κ2) is 15.5. The summed E-state index contributed by atoms with van der Waals surface area (Å²) >= 11 is 0. The van der Waals surface area contributed by atoms with Crippen molar-refractivity contribution < 1.29 is 9.59 Å². The summed E-state index contributed by atoms with van der Waals surface area (Å²) in [6.45, 7) is 4.90. The van der Waals surface area contributed by atoms with Gasteiger partial charge in [-0.05, 0) is 35.6 Å². The van der Waals surface area contributed by atoms with Gasteiger partial charge in [-0.2, -0.15) is 0 Å². The van der Waals surface area contributed by atoms with Crippen LogP contribution in [0.15, 0.2) is 85.2 Å². The van der Waals surface area contributed by atoms with Crippen molar-refractivity contribution >= 4 is 12.1 Å². The first-order valence-electron chi connectivity index (χ1n) is 14.0. The van der Waals surface area contributed by atoms with Crippen LogP contribution in [0, 0.1) is 0 Å². The van der Waals surface area contributed by atoms with Gasteiger partial charge in [0.25, 0.3) is 0 Å². The van der Waals surface area contributed by atoms with Crippen LogP contribution >= 0.6 is 0 Å². The minimum Gasteiger partial charge on any atom is -0.338 e. The Morgan fingerprint density at radius 3 is 1.92 bits per heavy atom. The van der Waals surface area contributed by atoms with Crippen LogP contribution in [-0.2, 0) is 6.54 Å². The average Bonchev–Trinajstić information content (AvgIpc) is 2.99. The standard InChI is InChI=1S/C31H40N6O2/c38-30(35-25-26-12-11-17-32-24-26)33-18-9-1-2-10-19-34-31(39)37-22-20-36(21-23-37)29(27-13-5-3-6-14-27)28-15-7-4-8-16-28/h3-8,11-17,24,29H,1-2,9-10,18-23,25H2,(H,34,39)(H2,33,35,38). The lowest BCUT2D eigenvalue weighted by molar-refractivity contribution is 0.120. The van der Waals surface area contributed by atoms with Gasteiger partial charge < -0.3 is 20.9 Å². The molecule has 0 spiro atoms. The van der Waals surface area contributed by atoms with Crippen molar-refractivity contribution in [1.29, 1.82) is 0 Å². The van der Waals surface area contributed by atoms with Gasteiger partial charge >= 0.3 is 12.1 Å². The van der Waals surface area contributed by atoms with Gasteiger partial charge in [-0.1, -0.05) is 79.6 Å². The van der Waals surface area contributed by atoms with Crippen molar-refractivity contribution in [2.45, 2.75) is 38.3 Å². The third-order valence-corrected chi connectivity index (χ3v) is 7.04. The van der Waals surface area contributed by atoms with E-state index >= 15 is 0 Å². The lowest BCUT2D eigenvalue weighted by atomic mass is 9.96. The zero-order chi connectivity index (χ0) is 27.1. The average molecular weight is 529 g/mol. The number of aromatic nitrogens is 1. The van der Waals surface area contributed by atoms with Crippen LogP contribution < -0.4 is 16.0 Å². The zero-order valence-electron chi connectivity index (χ0n) is 22.6. The number of nitrogens with zero attached hydrogens (tertiary/aromatic N) is 3. The predicted octanol–water partition coefficient (Wildman–Crippen LogP) is 4.56. The largest absolute Gasteiger partial charge is 0.338 e. The Bertz CT molecular complexity index is 1080. The first kappa shape index (κ1) is 28.1. The summed E-state index contributed by atoms with van der Waals surface area (Å²) in [5, 5.41) is 8.81. The Morgan fingerprint density at radius 2 is 1.33 bits per heavy atom. The number of rotatable bonds is 12. The predicted molar refractivity (Wildman–Crippen MR) is 154 cm³/mol. The molecule has 0 atom stereocenters. The van der Waals surface area contributed by atoms with Gasteiger partial charge in [0.15, 0.2) is 0 Å². The molecule has 206 valence electrons. The van der Waals surface area contributed by atoms with E-state index in [0.29, 0.717) is 19.6 Å². The molecule has 1 saturated heterocycles. The molecular formula is C31H40N6O2. The van der Waals surface area contributed by atoms with Crippen LogP contribution in [0.5, 0.6) is 0 Å². The second-order valence-electron chi connectivity index (χ2n) is 9.86. The fraction of sp³-hybridized carbons (Fsp3) is 0.387. The summed E-state index contributed by atoms with van der Waals surface area (Å²) in [7, 11) is 0. The van der Waals surface area contributed by atoms with Gasteiger partial charge in [0.1, 0.15) is 0 Å². The number of carbonyl (C=O) groups excluding carboxylic acids is 2. The highest BCUT2D eigenvalue weighted by molar-refractivity contribution is 5.74. The van der Waals surface area contributed by atoms with E-state index < -0.39 is 0 Å². The molecular weight excluding hydrogens is 488 g/mol. The maximum atomic E-state index is 12.7. The smallest absolute Gasteiger partial charge is 0.317 e. The summed E-state index contributed by atoms with van der Waals surface area (Å²) in [4.78, 5) is 33.0. The van der Waals surface area contributed by atoms with E-state index in [-0.39, 0.29) is 18.1 Å². The van der Waals surface area contributed by atoms with Crippen LogP contribution in [0.2, 0.25) is 0 Å². The zero-order valence-corrected chi connectivity index (χ0v) is 22.6. The molecule has 3 aromatic rings. The van der Waals surface area contributed by atoms with E-state index in [2.05, 4.69) is 86.5 Å². The van der Waals surface area contributed by atoms with Crippen molar-refractivity contribution in [2.24, 2.45) is 0 Å². The molecule has 2 heterocycles. The van der Waals surface area contributed by atoms with E-state index in [9.17, 15) is 9.59 Å². The molecule has 8 heteroatoms. The molecule has 3 N–H and O–H groups in total. The van der Waals surface area contributed by atoms with Crippen molar-refractivity contribution in [1.82, 2.24) is 30.7 Å². The Hall–Kier alpha value is -3.91. The van der Waals surface area contributed by atoms with Crippen LogP contribution in [0.3, 0.4) is 0 Å². The molecule has 0 aliphatic carbocycles. The molecule has 4 amide bonds. The minimum atomic E-state index is -0.162. The molecule has 0 unspecified atom stereocenters. The molecule has 8 nitrogen and oxygen atoms in total. The van der Waals surface area contributed by atoms with E-state index in [4.69, 9.17) is 0 Å². The highest BCUT2D eigenvalue weighted by Crippen LogP contribution is 2.29. The highest BCUT2D eigenvalue weighted by atomic mass is 16.2. The van der Waals surface area contributed by atoms with Gasteiger partial charge in [-0.15, -0.1) is 0 Å². The Kier molecular flexibility index (Phi) is 11.2. The van der Waals surface area contributed by atoms with E-state index in [1.165, 1.54) is 11.1 Å². The third-order valence-electron chi connectivity index (χ3n) is 7.04. The number of benzene rings is 2. The van der Waals surface area contributed by atoms with Gasteiger partial charge in [-0.25, -0.2) is 9.59 Å². The van der Waals surface area contributed by atoms with Crippen LogP contribution in [0.4, 0.5) is 9.59 Å². The van der Waals surface area contributed by atoms with Gasteiger partial charge in [0.2, 0.25) is 0 Å². The number of unbranched alkanes of at least 4 members (excludes halogenated alkanes) is 3. The monoisotopic (exact) mass is 528 g/mol. The molecule has 2 aromatic carbocycles. The van der Waals surface area contributed by atoms with Gasteiger partial charge in [0.05, 0.1) is 6.04 Å². The number of urea groups is 2. The molecule has 0 radical (unpaired) electrons. The van der Waals surface area contributed by atoms with Gasteiger partial charge in [-0.3, -0.25) is 9.88 Å². The summed E-state index contributed by atoms with van der Waals surface area (Å²) < 4.78 is 0. The van der Waals surface area contributed by atoms with Crippen molar-refractivity contribution in [3.63, 3.8) is 0 Å².